The molecule has 3 N–H and O–H groups in total. The van der Waals surface area contributed by atoms with Gasteiger partial charge in [-0.1, -0.05) is 132 Å². The molecule has 47 heavy (non-hydrogen) atoms. The van der Waals surface area contributed by atoms with Crippen molar-refractivity contribution in [3.63, 3.8) is 0 Å². The number of aryl methyl sites for hydroxylation is 2. The molecule has 0 atom stereocenters. The lowest BCUT2D eigenvalue weighted by atomic mass is 9.73. The quantitative estimate of drug-likeness (QED) is 0.175. The highest BCUT2D eigenvalue weighted by Gasteiger charge is 2.43. The summed E-state index contributed by atoms with van der Waals surface area (Å²) in [6, 6.07) is 42.6. The smallest absolute Gasteiger partial charge is 0.124 e. The van der Waals surface area contributed by atoms with Crippen molar-refractivity contribution >= 4 is 0 Å². The minimum Gasteiger partial charge on any atom is -0.507 e. The van der Waals surface area contributed by atoms with E-state index in [0.717, 1.165) is 33.4 Å². The molecule has 8 rings (SSSR count). The van der Waals surface area contributed by atoms with E-state index in [9.17, 15) is 10.2 Å². The van der Waals surface area contributed by atoms with Gasteiger partial charge in [0, 0.05) is 46.2 Å². The number of rotatable bonds is 6. The zero-order valence-corrected chi connectivity index (χ0v) is 27.4. The van der Waals surface area contributed by atoms with Crippen LogP contribution in [0, 0.1) is 13.8 Å². The van der Waals surface area contributed by atoms with E-state index in [0.29, 0.717) is 24.6 Å². The molecule has 2 aliphatic rings. The van der Waals surface area contributed by atoms with Crippen molar-refractivity contribution in [2.75, 3.05) is 0 Å². The van der Waals surface area contributed by atoms with Crippen molar-refractivity contribution < 1.29 is 10.2 Å². The Balaban J connectivity index is 1.13. The van der Waals surface area contributed by atoms with Gasteiger partial charge in [0.05, 0.1) is 0 Å². The largest absolute Gasteiger partial charge is 0.507 e. The Kier molecular flexibility index (Phi) is 6.68. The van der Waals surface area contributed by atoms with Crippen LogP contribution in [-0.4, -0.2) is 10.2 Å². The molecule has 0 fully saturated rings. The summed E-state index contributed by atoms with van der Waals surface area (Å²) in [7, 11) is 0. The van der Waals surface area contributed by atoms with E-state index in [1.54, 1.807) is 0 Å². The number of fused-ring (bicyclic) bond motifs is 6. The molecule has 0 spiro atoms. The number of hydrogen-bond acceptors (Lipinski definition) is 3. The van der Waals surface area contributed by atoms with Gasteiger partial charge < -0.3 is 15.5 Å². The highest BCUT2D eigenvalue weighted by Crippen LogP contribution is 2.56. The van der Waals surface area contributed by atoms with E-state index < -0.39 is 10.8 Å². The van der Waals surface area contributed by atoms with Crippen LogP contribution in [-0.2, 0) is 23.9 Å². The summed E-state index contributed by atoms with van der Waals surface area (Å²) in [5, 5.41) is 27.4. The molecule has 0 heterocycles. The lowest BCUT2D eigenvalue weighted by Crippen LogP contribution is -2.24. The highest BCUT2D eigenvalue weighted by molar-refractivity contribution is 5.85. The van der Waals surface area contributed by atoms with E-state index in [1.807, 2.05) is 0 Å². The molecule has 2 aliphatic carbocycles. The molecule has 6 aromatic rings. The standard InChI is InChI=1S/C44H39NO2/c1-27-21-29(41(46)39(23-27)43(3)35-17-9-5-13-31(35)32-14-6-10-18-36(32)43)25-45-26-30-22-28(2)24-40(42(30)47)44(4)37-19-11-7-15-33(37)34-16-8-12-20-38(34)44/h5-24,45-47H,25-26H2,1-4H3. The fraction of sp³-hybridized carbons (Fsp3) is 0.182. The Morgan fingerprint density at radius 2 is 0.745 bits per heavy atom. The van der Waals surface area contributed by atoms with Crippen molar-refractivity contribution in [1.29, 1.82) is 0 Å². The zero-order valence-electron chi connectivity index (χ0n) is 27.4. The summed E-state index contributed by atoms with van der Waals surface area (Å²) >= 11 is 0. The number of hydrogen-bond donors (Lipinski definition) is 3. The molecule has 3 nitrogen and oxygen atoms in total. The van der Waals surface area contributed by atoms with Crippen LogP contribution < -0.4 is 5.32 Å². The normalized spacial score (nSPS) is 14.7. The molecular formula is C44H39NO2. The van der Waals surface area contributed by atoms with Crippen LogP contribution in [0.1, 0.15) is 69.5 Å². The summed E-state index contributed by atoms with van der Waals surface area (Å²) in [4.78, 5) is 0. The van der Waals surface area contributed by atoms with Crippen LogP contribution in [0.5, 0.6) is 11.5 Å². The van der Waals surface area contributed by atoms with Crippen LogP contribution in [0.3, 0.4) is 0 Å². The maximum absolute atomic E-state index is 11.9. The average molecular weight is 614 g/mol. The second-order valence-electron chi connectivity index (χ2n) is 13.7. The second-order valence-corrected chi connectivity index (χ2v) is 13.7. The molecule has 0 aromatic heterocycles. The van der Waals surface area contributed by atoms with Crippen molar-refractivity contribution in [1.82, 2.24) is 5.32 Å². The summed E-state index contributed by atoms with van der Waals surface area (Å²) in [5.41, 5.74) is 14.5. The Labute approximate surface area is 277 Å². The molecule has 0 bridgehead atoms. The van der Waals surface area contributed by atoms with Crippen LogP contribution in [0.15, 0.2) is 121 Å². The SMILES string of the molecule is Cc1cc(CNCc2cc(C)cc(C3(C)c4ccccc4-c4ccccc43)c2O)c(O)c(C2(C)c3ccccc3-c3ccccc32)c1. The van der Waals surface area contributed by atoms with E-state index in [2.05, 4.69) is 154 Å². The fourth-order valence-corrected chi connectivity index (χ4v) is 8.56. The Hall–Kier alpha value is -5.12. The predicted molar refractivity (Wildman–Crippen MR) is 191 cm³/mol. The van der Waals surface area contributed by atoms with Gasteiger partial charge in [-0.05, 0) is 72.2 Å². The fourth-order valence-electron chi connectivity index (χ4n) is 8.56. The molecular weight excluding hydrogens is 574 g/mol. The molecule has 6 aromatic carbocycles. The zero-order chi connectivity index (χ0) is 32.5. The third-order valence-corrected chi connectivity index (χ3v) is 10.8. The van der Waals surface area contributed by atoms with E-state index in [4.69, 9.17) is 0 Å². The summed E-state index contributed by atoms with van der Waals surface area (Å²) in [6.07, 6.45) is 0. The summed E-state index contributed by atoms with van der Waals surface area (Å²) < 4.78 is 0. The molecule has 0 saturated carbocycles. The van der Waals surface area contributed by atoms with Crippen molar-refractivity contribution in [2.45, 2.75) is 51.6 Å². The van der Waals surface area contributed by atoms with Gasteiger partial charge in [-0.15, -0.1) is 0 Å². The van der Waals surface area contributed by atoms with Crippen molar-refractivity contribution in [3.8, 4) is 33.8 Å². The van der Waals surface area contributed by atoms with Crippen LogP contribution >= 0.6 is 0 Å². The topological polar surface area (TPSA) is 52.5 Å². The van der Waals surface area contributed by atoms with Gasteiger partial charge in [-0.25, -0.2) is 0 Å². The highest BCUT2D eigenvalue weighted by atomic mass is 16.3. The number of benzene rings is 6. The summed E-state index contributed by atoms with van der Waals surface area (Å²) in [6.45, 7) is 9.58. The van der Waals surface area contributed by atoms with E-state index in [1.165, 1.54) is 44.5 Å². The van der Waals surface area contributed by atoms with Gasteiger partial charge in [0.1, 0.15) is 11.5 Å². The molecule has 0 saturated heterocycles. The third-order valence-electron chi connectivity index (χ3n) is 10.8. The van der Waals surface area contributed by atoms with Crippen molar-refractivity contribution in [3.05, 3.63) is 177 Å². The first-order chi connectivity index (χ1) is 22.7. The molecule has 0 amide bonds. The molecule has 232 valence electrons. The minimum absolute atomic E-state index is 0.318. The number of aromatic hydroxyl groups is 2. The minimum atomic E-state index is -0.481. The lowest BCUT2D eigenvalue weighted by molar-refractivity contribution is 0.442. The third kappa shape index (κ3) is 4.23. The maximum Gasteiger partial charge on any atom is 0.124 e. The predicted octanol–water partition coefficient (Wildman–Crippen LogP) is 9.67. The van der Waals surface area contributed by atoms with Crippen molar-refractivity contribution in [2.24, 2.45) is 0 Å². The van der Waals surface area contributed by atoms with Gasteiger partial charge in [-0.2, -0.15) is 0 Å². The number of nitrogens with one attached hydrogen (secondary N) is 1. The molecule has 0 radical (unpaired) electrons. The second kappa shape index (κ2) is 10.7. The first-order valence-electron chi connectivity index (χ1n) is 16.5. The van der Waals surface area contributed by atoms with Gasteiger partial charge in [-0.3, -0.25) is 0 Å². The first kappa shape index (κ1) is 29.3. The van der Waals surface area contributed by atoms with Gasteiger partial charge >= 0.3 is 0 Å². The molecule has 0 unspecified atom stereocenters. The Morgan fingerprint density at radius 1 is 0.447 bits per heavy atom. The number of phenols is 2. The van der Waals surface area contributed by atoms with E-state index in [-0.39, 0.29) is 0 Å². The first-order valence-corrected chi connectivity index (χ1v) is 16.5. The average Bonchev–Trinajstić information content (AvgIpc) is 3.51. The summed E-state index contributed by atoms with van der Waals surface area (Å²) in [5.74, 6) is 0.635. The molecule has 3 heteroatoms. The molecule has 0 aliphatic heterocycles. The monoisotopic (exact) mass is 613 g/mol. The Morgan fingerprint density at radius 3 is 1.06 bits per heavy atom. The maximum atomic E-state index is 11.9. The van der Waals surface area contributed by atoms with Gasteiger partial charge in [0.2, 0.25) is 0 Å². The van der Waals surface area contributed by atoms with E-state index >= 15 is 0 Å². The van der Waals surface area contributed by atoms with Crippen LogP contribution in [0.25, 0.3) is 22.3 Å². The van der Waals surface area contributed by atoms with Gasteiger partial charge in [0.15, 0.2) is 0 Å². The Bertz CT molecular complexity index is 1960. The van der Waals surface area contributed by atoms with Crippen LogP contribution in [0.4, 0.5) is 0 Å². The van der Waals surface area contributed by atoms with Gasteiger partial charge in [0.25, 0.3) is 0 Å². The lowest BCUT2D eigenvalue weighted by Gasteiger charge is -2.30. The van der Waals surface area contributed by atoms with Crippen LogP contribution in [0.2, 0.25) is 0 Å². The number of phenolic OH excluding ortho intramolecular Hbond substituents is 2.